The third-order valence-corrected chi connectivity index (χ3v) is 3.97. The van der Waals surface area contributed by atoms with Gasteiger partial charge in [-0.15, -0.1) is 0 Å². The van der Waals surface area contributed by atoms with Gasteiger partial charge in [-0.05, 0) is 31.2 Å². The average molecular weight is 266 g/mol. The molecule has 1 N–H and O–H groups in total. The molecule has 0 radical (unpaired) electrons. The van der Waals surface area contributed by atoms with Crippen LogP contribution in [0.5, 0.6) is 0 Å². The highest BCUT2D eigenvalue weighted by molar-refractivity contribution is 5.43. The van der Waals surface area contributed by atoms with Crippen LogP contribution < -0.4 is 4.90 Å². The molecule has 1 aromatic rings. The zero-order valence-corrected chi connectivity index (χ0v) is 11.6. The summed E-state index contributed by atoms with van der Waals surface area (Å²) in [6.45, 7) is 3.67. The highest BCUT2D eigenvalue weighted by Gasteiger charge is 2.20. The molecule has 0 amide bonds. The third-order valence-electron chi connectivity index (χ3n) is 3.97. The molecule has 106 valence electrons. The first-order chi connectivity index (χ1) is 9.26. The summed E-state index contributed by atoms with van der Waals surface area (Å²) in [5.74, 6) is 0.807. The maximum absolute atomic E-state index is 14.2. The Morgan fingerprint density at radius 1 is 1.42 bits per heavy atom. The number of rotatable bonds is 4. The number of aromatic nitrogens is 1. The van der Waals surface area contributed by atoms with Crippen molar-refractivity contribution in [2.24, 2.45) is 5.92 Å². The van der Waals surface area contributed by atoms with Gasteiger partial charge in [-0.1, -0.05) is 19.8 Å². The molecule has 3 nitrogen and oxygen atoms in total. The van der Waals surface area contributed by atoms with E-state index >= 15 is 0 Å². The molecule has 1 aliphatic heterocycles. The normalized spacial score (nSPS) is 20.4. The number of anilines is 1. The predicted molar refractivity (Wildman–Crippen MR) is 74.6 cm³/mol. The Bertz CT molecular complexity index is 411. The smallest absolute Gasteiger partial charge is 0.171 e. The quantitative estimate of drug-likeness (QED) is 0.909. The van der Waals surface area contributed by atoms with E-state index in [9.17, 15) is 4.39 Å². The summed E-state index contributed by atoms with van der Waals surface area (Å²) in [4.78, 5) is 6.19. The monoisotopic (exact) mass is 266 g/mol. The second-order valence-electron chi connectivity index (χ2n) is 5.34. The van der Waals surface area contributed by atoms with Crippen LogP contribution in [0.1, 0.15) is 44.6 Å². The fourth-order valence-corrected chi connectivity index (χ4v) is 2.89. The summed E-state index contributed by atoms with van der Waals surface area (Å²) in [6, 6.07) is 1.54. The second kappa shape index (κ2) is 6.85. The minimum absolute atomic E-state index is 0.270. The summed E-state index contributed by atoms with van der Waals surface area (Å²) in [5.41, 5.74) is 0.333. The number of halogens is 1. The number of pyridine rings is 1. The van der Waals surface area contributed by atoms with E-state index < -0.39 is 0 Å². The van der Waals surface area contributed by atoms with E-state index in [2.05, 4.69) is 11.9 Å². The lowest BCUT2D eigenvalue weighted by Gasteiger charge is -2.22. The van der Waals surface area contributed by atoms with Gasteiger partial charge in [0.2, 0.25) is 0 Å². The number of aliphatic hydroxyl groups excluding tert-OH is 1. The van der Waals surface area contributed by atoms with Crippen LogP contribution in [0.4, 0.5) is 10.2 Å². The van der Waals surface area contributed by atoms with Crippen molar-refractivity contribution < 1.29 is 9.50 Å². The van der Waals surface area contributed by atoms with Gasteiger partial charge in [0.05, 0.1) is 6.61 Å². The third kappa shape index (κ3) is 3.44. The second-order valence-corrected chi connectivity index (χ2v) is 5.34. The topological polar surface area (TPSA) is 36.4 Å². The number of aliphatic hydroxyl groups is 1. The maximum atomic E-state index is 14.2. The van der Waals surface area contributed by atoms with Crippen molar-refractivity contribution in [3.63, 3.8) is 0 Å². The Morgan fingerprint density at radius 3 is 3.00 bits per heavy atom. The van der Waals surface area contributed by atoms with Gasteiger partial charge in [-0.2, -0.15) is 0 Å². The largest absolute Gasteiger partial charge is 0.392 e. The summed E-state index contributed by atoms with van der Waals surface area (Å²) < 4.78 is 14.2. The van der Waals surface area contributed by atoms with Gasteiger partial charge in [0.25, 0.3) is 0 Å². The summed E-state index contributed by atoms with van der Waals surface area (Å²) in [6.07, 6.45) is 7.50. The van der Waals surface area contributed by atoms with Crippen LogP contribution in [0.15, 0.2) is 12.3 Å². The predicted octanol–water partition coefficient (Wildman–Crippen LogP) is 3.12. The molecule has 1 aromatic heterocycles. The first-order valence-electron chi connectivity index (χ1n) is 7.25. The van der Waals surface area contributed by atoms with E-state index in [0.29, 0.717) is 11.4 Å². The Balaban J connectivity index is 2.10. The van der Waals surface area contributed by atoms with E-state index in [0.717, 1.165) is 31.8 Å². The van der Waals surface area contributed by atoms with Gasteiger partial charge in [-0.3, -0.25) is 0 Å². The van der Waals surface area contributed by atoms with Crippen LogP contribution in [0.25, 0.3) is 0 Å². The molecular weight excluding hydrogens is 243 g/mol. The molecule has 1 aliphatic rings. The van der Waals surface area contributed by atoms with Crippen molar-refractivity contribution in [2.75, 3.05) is 18.0 Å². The van der Waals surface area contributed by atoms with Crippen molar-refractivity contribution >= 4 is 5.82 Å². The van der Waals surface area contributed by atoms with E-state index in [4.69, 9.17) is 5.11 Å². The Morgan fingerprint density at radius 2 is 2.26 bits per heavy atom. The van der Waals surface area contributed by atoms with Crippen LogP contribution in [0.2, 0.25) is 0 Å². The number of nitrogens with zero attached hydrogens (tertiary/aromatic N) is 2. The van der Waals surface area contributed by atoms with Gasteiger partial charge >= 0.3 is 0 Å². The van der Waals surface area contributed by atoms with Crippen molar-refractivity contribution in [1.29, 1.82) is 0 Å². The fraction of sp³-hybridized carbons (Fsp3) is 0.667. The van der Waals surface area contributed by atoms with Crippen LogP contribution >= 0.6 is 0 Å². The molecule has 0 aliphatic carbocycles. The van der Waals surface area contributed by atoms with Gasteiger partial charge in [0, 0.05) is 24.8 Å². The Labute approximate surface area is 114 Å². The molecule has 19 heavy (non-hydrogen) atoms. The fourth-order valence-electron chi connectivity index (χ4n) is 2.89. The minimum atomic E-state index is -0.362. The lowest BCUT2D eigenvalue weighted by Crippen LogP contribution is -2.26. The minimum Gasteiger partial charge on any atom is -0.392 e. The number of hydrogen-bond acceptors (Lipinski definition) is 3. The molecule has 0 aromatic carbocycles. The van der Waals surface area contributed by atoms with Gasteiger partial charge in [0.1, 0.15) is 0 Å². The molecule has 1 saturated heterocycles. The van der Waals surface area contributed by atoms with Crippen LogP contribution in [0.3, 0.4) is 0 Å². The van der Waals surface area contributed by atoms with Crippen molar-refractivity contribution in [1.82, 2.24) is 4.98 Å². The molecule has 2 heterocycles. The van der Waals surface area contributed by atoms with E-state index in [-0.39, 0.29) is 12.4 Å². The summed E-state index contributed by atoms with van der Waals surface area (Å²) in [7, 11) is 0. The standard InChI is InChI=1S/C15H23FN2O/c1-2-4-12-5-3-9-18(10-7-12)15-14(16)13(11-19)6-8-17-15/h6,8,12,19H,2-5,7,9-11H2,1H3. The summed E-state index contributed by atoms with van der Waals surface area (Å²) in [5, 5.41) is 9.12. The van der Waals surface area contributed by atoms with Gasteiger partial charge in [-0.25, -0.2) is 9.37 Å². The van der Waals surface area contributed by atoms with Crippen molar-refractivity contribution in [3.05, 3.63) is 23.6 Å². The first kappa shape index (κ1) is 14.3. The molecule has 2 rings (SSSR count). The SMILES string of the molecule is CCCC1CCCN(c2nccc(CO)c2F)CC1. The van der Waals surface area contributed by atoms with Crippen molar-refractivity contribution in [3.8, 4) is 0 Å². The lowest BCUT2D eigenvalue weighted by atomic mass is 9.96. The van der Waals surface area contributed by atoms with E-state index in [1.54, 1.807) is 6.20 Å². The molecule has 1 fully saturated rings. The maximum Gasteiger partial charge on any atom is 0.171 e. The van der Waals surface area contributed by atoms with Crippen molar-refractivity contribution in [2.45, 2.75) is 45.6 Å². The zero-order valence-electron chi connectivity index (χ0n) is 11.6. The highest BCUT2D eigenvalue weighted by atomic mass is 19.1. The van der Waals surface area contributed by atoms with E-state index in [1.807, 2.05) is 4.90 Å². The van der Waals surface area contributed by atoms with Gasteiger partial charge in [0.15, 0.2) is 11.6 Å². The van der Waals surface area contributed by atoms with Crippen LogP contribution in [-0.4, -0.2) is 23.2 Å². The first-order valence-corrected chi connectivity index (χ1v) is 7.25. The Hall–Kier alpha value is -1.16. The van der Waals surface area contributed by atoms with Crippen LogP contribution in [-0.2, 0) is 6.61 Å². The van der Waals surface area contributed by atoms with E-state index in [1.165, 1.54) is 25.3 Å². The Kier molecular flexibility index (Phi) is 5.14. The molecular formula is C15H23FN2O. The molecule has 0 bridgehead atoms. The van der Waals surface area contributed by atoms with Crippen LogP contribution in [0, 0.1) is 11.7 Å². The molecule has 1 unspecified atom stereocenters. The molecule has 1 atom stereocenters. The average Bonchev–Trinajstić information content (AvgIpc) is 2.65. The highest BCUT2D eigenvalue weighted by Crippen LogP contribution is 2.26. The molecule has 0 spiro atoms. The lowest BCUT2D eigenvalue weighted by molar-refractivity contribution is 0.275. The number of hydrogen-bond donors (Lipinski definition) is 1. The molecule has 0 saturated carbocycles. The summed E-state index contributed by atoms with van der Waals surface area (Å²) >= 11 is 0. The molecule has 4 heteroatoms. The zero-order chi connectivity index (χ0) is 13.7. The van der Waals surface area contributed by atoms with Gasteiger partial charge < -0.3 is 10.0 Å².